The first-order valence-electron chi connectivity index (χ1n) is 16.6. The number of carbonyl (C=O) groups is 1. The molecule has 4 atom stereocenters. The van der Waals surface area contributed by atoms with Crippen LogP contribution in [0.25, 0.3) is 11.1 Å². The molecular formula is C39H41Cl3N2O6. The van der Waals surface area contributed by atoms with Gasteiger partial charge in [-0.25, -0.2) is 0 Å². The Morgan fingerprint density at radius 2 is 1.58 bits per heavy atom. The van der Waals surface area contributed by atoms with Crippen LogP contribution >= 0.6 is 34.8 Å². The molecule has 0 bridgehead atoms. The van der Waals surface area contributed by atoms with Crippen LogP contribution in [-0.2, 0) is 40.4 Å². The fourth-order valence-electron chi connectivity index (χ4n) is 6.73. The molecule has 2 N–H and O–H groups in total. The number of fused-ring (bicyclic) bond motifs is 1. The number of benzene rings is 4. The van der Waals surface area contributed by atoms with Gasteiger partial charge in [0.05, 0.1) is 33.0 Å². The zero-order valence-corrected chi connectivity index (χ0v) is 30.5. The van der Waals surface area contributed by atoms with Gasteiger partial charge in [0.15, 0.2) is 17.8 Å². The van der Waals surface area contributed by atoms with Crippen molar-refractivity contribution in [2.45, 2.75) is 55.3 Å². The number of nitrogens with one attached hydrogen (secondary N) is 1. The lowest BCUT2D eigenvalue weighted by atomic mass is 9.89. The number of aliphatic hydroxyl groups excluding tert-OH is 1. The third-order valence-corrected chi connectivity index (χ3v) is 10.1. The van der Waals surface area contributed by atoms with E-state index in [1.165, 1.54) is 11.1 Å². The van der Waals surface area contributed by atoms with E-state index in [0.29, 0.717) is 0 Å². The number of methoxy groups -OCH3 is 2. The van der Waals surface area contributed by atoms with Gasteiger partial charge in [-0.3, -0.25) is 9.69 Å². The van der Waals surface area contributed by atoms with Crippen LogP contribution in [0.4, 0.5) is 0 Å². The average molecular weight is 740 g/mol. The standard InChI is InChI=1S/C39H41Cl3N2O6/c1-24-35(22-44-17-16-29-18-33(47-2)34(48-3)19-31(29)21-44)49-37(50-36(24)27-10-8-25(23-45)9-11-27)28-14-12-26(13-15-28)32-7-5-4-6-30(32)20-43-38(46)39(40,41)42/h4-15,18-19,24,35-37,45H,16-17,20-23H2,1-3H3,(H,43,46). The highest BCUT2D eigenvalue weighted by molar-refractivity contribution is 6.76. The maximum Gasteiger partial charge on any atom is 0.272 e. The van der Waals surface area contributed by atoms with Crippen molar-refractivity contribution in [3.63, 3.8) is 0 Å². The maximum absolute atomic E-state index is 12.2. The second-order valence-electron chi connectivity index (χ2n) is 12.7. The Bertz CT molecular complexity index is 1780. The van der Waals surface area contributed by atoms with Crippen LogP contribution in [0.15, 0.2) is 84.9 Å². The van der Waals surface area contributed by atoms with Crippen LogP contribution in [-0.4, -0.2) is 53.1 Å². The molecule has 2 aliphatic rings. The first-order chi connectivity index (χ1) is 24.1. The van der Waals surface area contributed by atoms with E-state index >= 15 is 0 Å². The van der Waals surface area contributed by atoms with E-state index < -0.39 is 16.0 Å². The van der Waals surface area contributed by atoms with Crippen molar-refractivity contribution >= 4 is 40.7 Å². The van der Waals surface area contributed by atoms with E-state index in [0.717, 1.165) is 70.9 Å². The molecule has 2 heterocycles. The highest BCUT2D eigenvalue weighted by atomic mass is 35.6. The molecule has 4 unspecified atom stereocenters. The molecule has 6 rings (SSSR count). The lowest BCUT2D eigenvalue weighted by molar-refractivity contribution is -0.276. The third kappa shape index (κ3) is 8.24. The fraction of sp³-hybridized carbons (Fsp3) is 0.359. The van der Waals surface area contributed by atoms with Crippen LogP contribution < -0.4 is 14.8 Å². The van der Waals surface area contributed by atoms with E-state index in [1.807, 2.05) is 72.8 Å². The number of rotatable bonds is 10. The number of alkyl halides is 3. The summed E-state index contributed by atoms with van der Waals surface area (Å²) in [6, 6.07) is 28.0. The summed E-state index contributed by atoms with van der Waals surface area (Å²) >= 11 is 17.2. The number of nitrogens with zero attached hydrogens (tertiary/aromatic N) is 1. The Morgan fingerprint density at radius 3 is 2.24 bits per heavy atom. The third-order valence-electron chi connectivity index (χ3n) is 9.57. The normalized spacial score (nSPS) is 20.9. The lowest BCUT2D eigenvalue weighted by Gasteiger charge is -2.43. The molecule has 0 saturated carbocycles. The molecule has 1 saturated heterocycles. The summed E-state index contributed by atoms with van der Waals surface area (Å²) < 4.78 is 22.6. The SMILES string of the molecule is COc1cc2c(cc1OC)CN(CC1OC(c3ccc(-c4ccccc4CNC(=O)C(Cl)(Cl)Cl)cc3)OC(c3ccc(CO)cc3)C1C)CC2. The number of hydrogen-bond donors (Lipinski definition) is 2. The van der Waals surface area contributed by atoms with Crippen molar-refractivity contribution in [2.75, 3.05) is 27.3 Å². The summed E-state index contributed by atoms with van der Waals surface area (Å²) in [6.45, 7) is 4.77. The number of hydrogen-bond acceptors (Lipinski definition) is 7. The van der Waals surface area contributed by atoms with Gasteiger partial charge in [0, 0.05) is 37.7 Å². The van der Waals surface area contributed by atoms with E-state index in [-0.39, 0.29) is 31.3 Å². The van der Waals surface area contributed by atoms with E-state index in [9.17, 15) is 9.90 Å². The summed E-state index contributed by atoms with van der Waals surface area (Å²) in [6.07, 6.45) is -0.0531. The summed E-state index contributed by atoms with van der Waals surface area (Å²) in [7, 11) is 3.33. The first-order valence-corrected chi connectivity index (χ1v) is 17.7. The van der Waals surface area contributed by atoms with Gasteiger partial charge in [0.25, 0.3) is 9.70 Å². The molecular weight excluding hydrogens is 699 g/mol. The molecule has 0 aromatic heterocycles. The molecule has 8 nitrogen and oxygen atoms in total. The highest BCUT2D eigenvalue weighted by Gasteiger charge is 2.39. The van der Waals surface area contributed by atoms with Gasteiger partial charge >= 0.3 is 0 Å². The Kier molecular flexibility index (Phi) is 11.6. The zero-order valence-electron chi connectivity index (χ0n) is 28.2. The Hall–Kier alpha value is -3.34. The second-order valence-corrected chi connectivity index (χ2v) is 15.0. The summed E-state index contributed by atoms with van der Waals surface area (Å²) in [5.41, 5.74) is 8.07. The summed E-state index contributed by atoms with van der Waals surface area (Å²) in [5.74, 6) is 0.846. The van der Waals surface area contributed by atoms with Gasteiger partial charge in [-0.15, -0.1) is 0 Å². The van der Waals surface area contributed by atoms with E-state index in [4.69, 9.17) is 53.8 Å². The van der Waals surface area contributed by atoms with Crippen LogP contribution in [0, 0.1) is 5.92 Å². The van der Waals surface area contributed by atoms with Crippen molar-refractivity contribution < 1.29 is 28.8 Å². The monoisotopic (exact) mass is 738 g/mol. The summed E-state index contributed by atoms with van der Waals surface area (Å²) in [5, 5.41) is 12.3. The van der Waals surface area contributed by atoms with Crippen molar-refractivity contribution in [3.05, 3.63) is 118 Å². The number of carbonyl (C=O) groups excluding carboxylic acids is 1. The summed E-state index contributed by atoms with van der Waals surface area (Å²) in [4.78, 5) is 14.6. The van der Waals surface area contributed by atoms with Gasteiger partial charge < -0.3 is 29.4 Å². The molecule has 4 aromatic carbocycles. The van der Waals surface area contributed by atoms with Gasteiger partial charge in [0.1, 0.15) is 0 Å². The van der Waals surface area contributed by atoms with E-state index in [2.05, 4.69) is 29.3 Å². The Morgan fingerprint density at radius 1 is 0.920 bits per heavy atom. The van der Waals surface area contributed by atoms with Crippen molar-refractivity contribution in [2.24, 2.45) is 5.92 Å². The number of ether oxygens (including phenoxy) is 4. The second kappa shape index (κ2) is 15.9. The van der Waals surface area contributed by atoms with Crippen molar-refractivity contribution in [3.8, 4) is 22.6 Å². The zero-order chi connectivity index (χ0) is 35.4. The Balaban J connectivity index is 1.23. The predicted octanol–water partition coefficient (Wildman–Crippen LogP) is 7.70. The minimum Gasteiger partial charge on any atom is -0.493 e. The molecule has 4 aromatic rings. The van der Waals surface area contributed by atoms with Crippen LogP contribution in [0.3, 0.4) is 0 Å². The van der Waals surface area contributed by atoms with Gasteiger partial charge in [-0.2, -0.15) is 0 Å². The molecule has 1 amide bonds. The highest BCUT2D eigenvalue weighted by Crippen LogP contribution is 2.43. The quantitative estimate of drug-likeness (QED) is 0.161. The van der Waals surface area contributed by atoms with Gasteiger partial charge in [-0.05, 0) is 57.5 Å². The molecule has 264 valence electrons. The number of aliphatic hydroxyl groups is 1. The van der Waals surface area contributed by atoms with Crippen LogP contribution in [0.2, 0.25) is 0 Å². The molecule has 2 aliphatic heterocycles. The molecule has 0 radical (unpaired) electrons. The van der Waals surface area contributed by atoms with Gasteiger partial charge in [0.2, 0.25) is 0 Å². The molecule has 0 aliphatic carbocycles. The van der Waals surface area contributed by atoms with Gasteiger partial charge in [-0.1, -0.05) is 115 Å². The first kappa shape index (κ1) is 36.5. The minimum atomic E-state index is -2.04. The number of halogens is 3. The van der Waals surface area contributed by atoms with Crippen molar-refractivity contribution in [1.29, 1.82) is 0 Å². The largest absolute Gasteiger partial charge is 0.493 e. The molecule has 0 spiro atoms. The van der Waals surface area contributed by atoms with Crippen molar-refractivity contribution in [1.82, 2.24) is 10.2 Å². The topological polar surface area (TPSA) is 89.5 Å². The average Bonchev–Trinajstić information content (AvgIpc) is 3.13. The molecule has 50 heavy (non-hydrogen) atoms. The number of amides is 1. The maximum atomic E-state index is 12.2. The molecule has 1 fully saturated rings. The van der Waals surface area contributed by atoms with Crippen LogP contribution in [0.1, 0.15) is 52.7 Å². The fourth-order valence-corrected chi connectivity index (χ4v) is 6.93. The molecule has 11 heteroatoms. The lowest BCUT2D eigenvalue weighted by Crippen LogP contribution is -2.45. The Labute approximate surface area is 308 Å². The minimum absolute atomic E-state index is 0.0163. The smallest absolute Gasteiger partial charge is 0.272 e. The van der Waals surface area contributed by atoms with E-state index in [1.54, 1.807) is 14.2 Å². The predicted molar refractivity (Wildman–Crippen MR) is 196 cm³/mol. The van der Waals surface area contributed by atoms with Crippen LogP contribution in [0.5, 0.6) is 11.5 Å².